The van der Waals surface area contributed by atoms with Crippen molar-refractivity contribution in [3.63, 3.8) is 0 Å². The topological polar surface area (TPSA) is 74.6 Å². The molecule has 2 bridgehead atoms. The smallest absolute Gasteiger partial charge is 0.258 e. The van der Waals surface area contributed by atoms with Gasteiger partial charge in [0.15, 0.2) is 0 Å². The molecule has 0 spiro atoms. The molecule has 1 fully saturated rings. The second-order valence-corrected chi connectivity index (χ2v) is 7.68. The lowest BCUT2D eigenvalue weighted by molar-refractivity contribution is -0.127. The van der Waals surface area contributed by atoms with E-state index >= 15 is 0 Å². The SMILES string of the molecule is CCNC(=O)[C@H]1[C@H](CO)[C@H]2Cn3c(ccc(-c4ccccc4F)c3=O)[C@@H]1N2CC. The van der Waals surface area contributed by atoms with Crippen molar-refractivity contribution in [2.45, 2.75) is 32.5 Å². The minimum atomic E-state index is -0.437. The molecule has 0 saturated carbocycles. The van der Waals surface area contributed by atoms with Gasteiger partial charge in [-0.05, 0) is 31.7 Å². The van der Waals surface area contributed by atoms with E-state index in [0.717, 1.165) is 5.69 Å². The van der Waals surface area contributed by atoms with Crippen LogP contribution < -0.4 is 10.9 Å². The monoisotopic (exact) mass is 399 g/mol. The fraction of sp³-hybridized carbons (Fsp3) is 0.455. The van der Waals surface area contributed by atoms with Crippen LogP contribution in [-0.2, 0) is 11.3 Å². The minimum absolute atomic E-state index is 0.100. The number of hydrogen-bond donors (Lipinski definition) is 2. The van der Waals surface area contributed by atoms with Crippen molar-refractivity contribution in [3.8, 4) is 11.1 Å². The lowest BCUT2D eigenvalue weighted by atomic mass is 9.86. The zero-order valence-corrected chi connectivity index (χ0v) is 16.6. The van der Waals surface area contributed by atoms with Crippen LogP contribution in [0.4, 0.5) is 4.39 Å². The van der Waals surface area contributed by atoms with Gasteiger partial charge in [0.1, 0.15) is 5.82 Å². The number of aliphatic hydroxyl groups is 1. The molecule has 29 heavy (non-hydrogen) atoms. The van der Waals surface area contributed by atoms with Crippen LogP contribution in [0.25, 0.3) is 11.1 Å². The van der Waals surface area contributed by atoms with E-state index in [1.165, 1.54) is 6.07 Å². The molecule has 7 heteroatoms. The van der Waals surface area contributed by atoms with Crippen LogP contribution in [0, 0.1) is 17.7 Å². The van der Waals surface area contributed by atoms with Crippen LogP contribution in [0.2, 0.25) is 0 Å². The standard InChI is InChI=1S/C22H26FN3O3/c1-3-24-21(28)19-15(12-27)18-11-26-17(20(19)25(18)4-2)10-9-14(22(26)29)13-7-5-6-8-16(13)23/h5-10,15,18-20,27H,3-4,11-12H2,1-2H3,(H,24,28)/t15-,18-,19+,20+/m1/s1. The van der Waals surface area contributed by atoms with Crippen molar-refractivity contribution >= 4 is 5.91 Å². The number of carbonyl (C=O) groups excluding carboxylic acids is 1. The first-order chi connectivity index (χ1) is 14.0. The quantitative estimate of drug-likeness (QED) is 0.804. The lowest BCUT2D eigenvalue weighted by Gasteiger charge is -2.37. The summed E-state index contributed by atoms with van der Waals surface area (Å²) in [6.07, 6.45) is 0. The van der Waals surface area contributed by atoms with E-state index in [1.54, 1.807) is 28.8 Å². The predicted octanol–water partition coefficient (Wildman–Crippen LogP) is 1.77. The van der Waals surface area contributed by atoms with E-state index in [9.17, 15) is 19.1 Å². The first kappa shape index (κ1) is 19.8. The van der Waals surface area contributed by atoms with E-state index in [2.05, 4.69) is 10.2 Å². The Morgan fingerprint density at radius 2 is 1.97 bits per heavy atom. The fourth-order valence-corrected chi connectivity index (χ4v) is 5.13. The van der Waals surface area contributed by atoms with Gasteiger partial charge in [-0.1, -0.05) is 25.1 Å². The van der Waals surface area contributed by atoms with Gasteiger partial charge in [0.2, 0.25) is 5.91 Å². The Morgan fingerprint density at radius 1 is 1.21 bits per heavy atom. The largest absolute Gasteiger partial charge is 0.396 e. The number of aliphatic hydroxyl groups excluding tert-OH is 1. The van der Waals surface area contributed by atoms with Gasteiger partial charge in [-0.25, -0.2) is 4.39 Å². The Hall–Kier alpha value is -2.51. The third kappa shape index (κ3) is 3.00. The molecule has 3 heterocycles. The molecule has 154 valence electrons. The number of pyridine rings is 1. The fourth-order valence-electron chi connectivity index (χ4n) is 5.13. The first-order valence-corrected chi connectivity index (χ1v) is 10.2. The van der Waals surface area contributed by atoms with Gasteiger partial charge in [-0.2, -0.15) is 0 Å². The van der Waals surface area contributed by atoms with Gasteiger partial charge in [-0.15, -0.1) is 0 Å². The number of carbonyl (C=O) groups is 1. The highest BCUT2D eigenvalue weighted by Crippen LogP contribution is 2.48. The molecule has 2 aromatic rings. The highest BCUT2D eigenvalue weighted by atomic mass is 19.1. The number of likely N-dealkylation sites (N-methyl/N-ethyl adjacent to an activating group) is 1. The summed E-state index contributed by atoms with van der Waals surface area (Å²) < 4.78 is 16.0. The summed E-state index contributed by atoms with van der Waals surface area (Å²) in [5, 5.41) is 13.0. The third-order valence-electron chi connectivity index (χ3n) is 6.35. The summed E-state index contributed by atoms with van der Waals surface area (Å²) in [4.78, 5) is 28.4. The van der Waals surface area contributed by atoms with Crippen molar-refractivity contribution in [2.24, 2.45) is 11.8 Å². The normalized spacial score (nSPS) is 25.7. The van der Waals surface area contributed by atoms with E-state index in [0.29, 0.717) is 25.2 Å². The lowest BCUT2D eigenvalue weighted by Crippen LogP contribution is -2.46. The molecule has 4 rings (SSSR count). The van der Waals surface area contributed by atoms with Crippen LogP contribution in [0.1, 0.15) is 25.6 Å². The summed E-state index contributed by atoms with van der Waals surface area (Å²) in [6, 6.07) is 9.32. The molecular formula is C22H26FN3O3. The molecule has 1 aromatic carbocycles. The molecule has 0 aliphatic carbocycles. The highest BCUT2D eigenvalue weighted by molar-refractivity contribution is 5.80. The molecule has 1 saturated heterocycles. The van der Waals surface area contributed by atoms with Crippen molar-refractivity contribution in [1.29, 1.82) is 0 Å². The number of halogens is 1. The molecule has 1 amide bonds. The van der Waals surface area contributed by atoms with Crippen molar-refractivity contribution in [2.75, 3.05) is 19.7 Å². The van der Waals surface area contributed by atoms with Gasteiger partial charge in [0.05, 0.1) is 17.5 Å². The second kappa shape index (κ2) is 7.72. The molecule has 0 radical (unpaired) electrons. The van der Waals surface area contributed by atoms with E-state index < -0.39 is 11.7 Å². The molecule has 4 atom stereocenters. The van der Waals surface area contributed by atoms with E-state index in [1.807, 2.05) is 19.9 Å². The zero-order chi connectivity index (χ0) is 20.7. The van der Waals surface area contributed by atoms with Crippen LogP contribution in [-0.4, -0.2) is 46.2 Å². The molecule has 6 nitrogen and oxygen atoms in total. The van der Waals surface area contributed by atoms with Crippen LogP contribution >= 0.6 is 0 Å². The van der Waals surface area contributed by atoms with Gasteiger partial charge in [-0.3, -0.25) is 14.5 Å². The molecule has 1 aromatic heterocycles. The van der Waals surface area contributed by atoms with Crippen molar-refractivity contribution < 1.29 is 14.3 Å². The summed E-state index contributed by atoms with van der Waals surface area (Å²) in [7, 11) is 0. The second-order valence-electron chi connectivity index (χ2n) is 7.68. The average Bonchev–Trinajstić information content (AvgIpc) is 2.95. The summed E-state index contributed by atoms with van der Waals surface area (Å²) >= 11 is 0. The van der Waals surface area contributed by atoms with Gasteiger partial charge >= 0.3 is 0 Å². The number of amides is 1. The average molecular weight is 399 g/mol. The first-order valence-electron chi connectivity index (χ1n) is 10.2. The van der Waals surface area contributed by atoms with E-state index in [4.69, 9.17) is 0 Å². The summed E-state index contributed by atoms with van der Waals surface area (Å²) in [5.74, 6) is -1.23. The maximum Gasteiger partial charge on any atom is 0.258 e. The Morgan fingerprint density at radius 3 is 2.62 bits per heavy atom. The van der Waals surface area contributed by atoms with Crippen molar-refractivity contribution in [3.05, 3.63) is 58.3 Å². The predicted molar refractivity (Wildman–Crippen MR) is 108 cm³/mol. The number of aromatic nitrogens is 1. The number of fused-ring (bicyclic) bond motifs is 4. The molecular weight excluding hydrogens is 373 g/mol. The van der Waals surface area contributed by atoms with Gasteiger partial charge < -0.3 is 15.0 Å². The van der Waals surface area contributed by atoms with Gasteiger partial charge in [0.25, 0.3) is 5.56 Å². The maximum atomic E-state index is 14.3. The van der Waals surface area contributed by atoms with Crippen LogP contribution in [0.3, 0.4) is 0 Å². The molecule has 2 N–H and O–H groups in total. The summed E-state index contributed by atoms with van der Waals surface area (Å²) in [5.41, 5.74) is 1.08. The minimum Gasteiger partial charge on any atom is -0.396 e. The Labute approximate surface area is 169 Å². The number of hydrogen-bond acceptors (Lipinski definition) is 4. The Bertz CT molecular complexity index is 990. The third-order valence-corrected chi connectivity index (χ3v) is 6.35. The van der Waals surface area contributed by atoms with Crippen LogP contribution in [0.15, 0.2) is 41.2 Å². The maximum absolute atomic E-state index is 14.3. The van der Waals surface area contributed by atoms with E-state index in [-0.39, 0.29) is 41.6 Å². The molecule has 0 unspecified atom stereocenters. The molecule has 2 aliphatic rings. The van der Waals surface area contributed by atoms with Crippen LogP contribution in [0.5, 0.6) is 0 Å². The zero-order valence-electron chi connectivity index (χ0n) is 16.6. The van der Waals surface area contributed by atoms with Crippen molar-refractivity contribution in [1.82, 2.24) is 14.8 Å². The number of benzene rings is 1. The Kier molecular flexibility index (Phi) is 5.27. The Balaban J connectivity index is 1.86. The number of nitrogens with zero attached hydrogens (tertiary/aromatic N) is 2. The number of nitrogens with one attached hydrogen (secondary N) is 1. The summed E-state index contributed by atoms with van der Waals surface area (Å²) in [6.45, 7) is 5.37. The highest BCUT2D eigenvalue weighted by Gasteiger charge is 2.55. The van der Waals surface area contributed by atoms with Gasteiger partial charge in [0, 0.05) is 42.9 Å². The number of rotatable bonds is 5. The molecule has 2 aliphatic heterocycles.